The van der Waals surface area contributed by atoms with E-state index in [4.69, 9.17) is 17.4 Å². The van der Waals surface area contributed by atoms with E-state index in [2.05, 4.69) is 10.4 Å². The van der Waals surface area contributed by atoms with Crippen LogP contribution in [-0.4, -0.2) is 42.3 Å². The third-order valence-corrected chi connectivity index (χ3v) is 6.36. The highest BCUT2D eigenvalue weighted by Crippen LogP contribution is 2.28. The van der Waals surface area contributed by atoms with Gasteiger partial charge in [-0.1, -0.05) is 11.6 Å². The summed E-state index contributed by atoms with van der Waals surface area (Å²) in [5.41, 5.74) is 2.30. The topological polar surface area (TPSA) is 88.3 Å². The van der Waals surface area contributed by atoms with Crippen LogP contribution < -0.4 is 11.3 Å². The number of nitrogens with two attached hydrogens (primary N) is 1. The standard InChI is InChI=1S/C10H15ClN4O2S2/c1-15(7-2-3-18-6-7)19(16,17)8-4-9(11)10(14-12)13-5-8/h4-5,7H,2-3,6,12H2,1H3,(H,13,14). The van der Waals surface area contributed by atoms with Gasteiger partial charge in [-0.2, -0.15) is 16.1 Å². The van der Waals surface area contributed by atoms with Crippen LogP contribution in [0.25, 0.3) is 0 Å². The molecule has 0 aliphatic carbocycles. The predicted molar refractivity (Wildman–Crippen MR) is 77.7 cm³/mol. The summed E-state index contributed by atoms with van der Waals surface area (Å²) in [6.45, 7) is 0. The molecule has 9 heteroatoms. The van der Waals surface area contributed by atoms with Gasteiger partial charge in [0.05, 0.1) is 5.02 Å². The number of rotatable bonds is 4. The maximum atomic E-state index is 12.4. The SMILES string of the molecule is CN(C1CCSC1)S(=O)(=O)c1cnc(NN)c(Cl)c1. The first-order valence-corrected chi connectivity index (χ1v) is 8.62. The average Bonchev–Trinajstić information content (AvgIpc) is 2.91. The van der Waals surface area contributed by atoms with Gasteiger partial charge in [-0.05, 0) is 18.2 Å². The van der Waals surface area contributed by atoms with Gasteiger partial charge in [-0.25, -0.2) is 19.2 Å². The number of nitrogens with zero attached hydrogens (tertiary/aromatic N) is 2. The fraction of sp³-hybridized carbons (Fsp3) is 0.500. The maximum Gasteiger partial charge on any atom is 0.244 e. The monoisotopic (exact) mass is 322 g/mol. The highest BCUT2D eigenvalue weighted by atomic mass is 35.5. The van der Waals surface area contributed by atoms with Crippen LogP contribution in [-0.2, 0) is 10.0 Å². The molecule has 106 valence electrons. The lowest BCUT2D eigenvalue weighted by molar-refractivity contribution is 0.394. The first-order chi connectivity index (χ1) is 8.96. The summed E-state index contributed by atoms with van der Waals surface area (Å²) in [6.07, 6.45) is 2.12. The molecule has 1 aromatic heterocycles. The van der Waals surface area contributed by atoms with E-state index < -0.39 is 10.0 Å². The van der Waals surface area contributed by atoms with Crippen molar-refractivity contribution < 1.29 is 8.42 Å². The van der Waals surface area contributed by atoms with Crippen molar-refractivity contribution in [2.75, 3.05) is 24.0 Å². The quantitative estimate of drug-likeness (QED) is 0.638. The van der Waals surface area contributed by atoms with E-state index in [1.165, 1.54) is 16.6 Å². The molecule has 1 aliphatic heterocycles. The Bertz CT molecular complexity index is 561. The molecule has 1 atom stereocenters. The van der Waals surface area contributed by atoms with Gasteiger partial charge in [0.15, 0.2) is 5.82 Å². The van der Waals surface area contributed by atoms with Crippen LogP contribution in [0.1, 0.15) is 6.42 Å². The summed E-state index contributed by atoms with van der Waals surface area (Å²) < 4.78 is 26.3. The molecule has 0 saturated carbocycles. The van der Waals surface area contributed by atoms with Gasteiger partial charge in [-0.3, -0.25) is 0 Å². The lowest BCUT2D eigenvalue weighted by Gasteiger charge is -2.23. The fourth-order valence-electron chi connectivity index (χ4n) is 1.84. The molecule has 0 amide bonds. The predicted octanol–water partition coefficient (Wildman–Crippen LogP) is 1.15. The minimum atomic E-state index is -3.57. The molecule has 1 aliphatic rings. The minimum Gasteiger partial charge on any atom is -0.307 e. The zero-order chi connectivity index (χ0) is 14.0. The smallest absolute Gasteiger partial charge is 0.244 e. The van der Waals surface area contributed by atoms with Crippen molar-refractivity contribution in [1.82, 2.24) is 9.29 Å². The van der Waals surface area contributed by atoms with Crippen LogP contribution in [0.3, 0.4) is 0 Å². The van der Waals surface area contributed by atoms with Gasteiger partial charge in [0.2, 0.25) is 10.0 Å². The third kappa shape index (κ3) is 2.97. The Kier molecular flexibility index (Phi) is 4.57. The Morgan fingerprint density at radius 3 is 2.89 bits per heavy atom. The molecule has 2 rings (SSSR count). The van der Waals surface area contributed by atoms with Gasteiger partial charge in [0, 0.05) is 25.0 Å². The van der Waals surface area contributed by atoms with Crippen molar-refractivity contribution in [1.29, 1.82) is 0 Å². The largest absolute Gasteiger partial charge is 0.307 e. The van der Waals surface area contributed by atoms with Gasteiger partial charge in [0.1, 0.15) is 4.90 Å². The molecule has 1 saturated heterocycles. The number of nitrogens with one attached hydrogen (secondary N) is 1. The number of halogens is 1. The number of pyridine rings is 1. The van der Waals surface area contributed by atoms with Crippen molar-refractivity contribution in [2.24, 2.45) is 5.84 Å². The normalized spacial score (nSPS) is 19.9. The lowest BCUT2D eigenvalue weighted by Crippen LogP contribution is -2.37. The van der Waals surface area contributed by atoms with Gasteiger partial charge < -0.3 is 5.43 Å². The summed E-state index contributed by atoms with van der Waals surface area (Å²) in [4.78, 5) is 3.97. The molecular weight excluding hydrogens is 308 g/mol. The van der Waals surface area contributed by atoms with E-state index in [0.717, 1.165) is 17.9 Å². The summed E-state index contributed by atoms with van der Waals surface area (Å²) in [5, 5.41) is 0.178. The Balaban J connectivity index is 2.30. The van der Waals surface area contributed by atoms with E-state index in [1.54, 1.807) is 18.8 Å². The Morgan fingerprint density at radius 1 is 1.63 bits per heavy atom. The molecule has 1 fully saturated rings. The zero-order valence-electron chi connectivity index (χ0n) is 10.3. The molecule has 6 nitrogen and oxygen atoms in total. The first-order valence-electron chi connectivity index (χ1n) is 5.64. The minimum absolute atomic E-state index is 0.0288. The van der Waals surface area contributed by atoms with Crippen molar-refractivity contribution >= 4 is 39.2 Å². The summed E-state index contributed by atoms with van der Waals surface area (Å²) in [7, 11) is -1.97. The van der Waals surface area contributed by atoms with E-state index in [-0.39, 0.29) is 21.8 Å². The molecule has 0 radical (unpaired) electrons. The van der Waals surface area contributed by atoms with Crippen LogP contribution >= 0.6 is 23.4 Å². The Labute approximate surface area is 121 Å². The van der Waals surface area contributed by atoms with Crippen molar-refractivity contribution in [2.45, 2.75) is 17.4 Å². The number of sulfonamides is 1. The highest BCUT2D eigenvalue weighted by Gasteiger charge is 2.30. The lowest BCUT2D eigenvalue weighted by atomic mass is 10.3. The Morgan fingerprint density at radius 2 is 2.37 bits per heavy atom. The van der Waals surface area contributed by atoms with Crippen molar-refractivity contribution in [3.8, 4) is 0 Å². The number of hydrogen-bond acceptors (Lipinski definition) is 6. The number of hydrogen-bond donors (Lipinski definition) is 2. The van der Waals surface area contributed by atoms with E-state index in [1.807, 2.05) is 0 Å². The van der Waals surface area contributed by atoms with Crippen LogP contribution in [0.2, 0.25) is 5.02 Å². The van der Waals surface area contributed by atoms with Crippen molar-refractivity contribution in [3.05, 3.63) is 17.3 Å². The van der Waals surface area contributed by atoms with Gasteiger partial charge in [-0.15, -0.1) is 0 Å². The third-order valence-electron chi connectivity index (χ3n) is 3.05. The number of nitrogen functional groups attached to an aromatic ring is 1. The second kappa shape index (κ2) is 5.84. The molecular formula is C10H15ClN4O2S2. The number of thioether (sulfide) groups is 1. The number of anilines is 1. The van der Waals surface area contributed by atoms with Crippen LogP contribution in [0, 0.1) is 0 Å². The fourth-order valence-corrected chi connectivity index (χ4v) is 4.84. The average molecular weight is 323 g/mol. The maximum absolute atomic E-state index is 12.4. The molecule has 0 bridgehead atoms. The van der Waals surface area contributed by atoms with Gasteiger partial charge >= 0.3 is 0 Å². The molecule has 1 aromatic rings. The second-order valence-corrected chi connectivity index (χ2v) is 7.74. The second-order valence-electron chi connectivity index (χ2n) is 4.18. The first kappa shape index (κ1) is 14.9. The summed E-state index contributed by atoms with van der Waals surface area (Å²) in [5.74, 6) is 7.26. The number of hydrazine groups is 1. The molecule has 0 spiro atoms. The van der Waals surface area contributed by atoms with Crippen molar-refractivity contribution in [3.63, 3.8) is 0 Å². The van der Waals surface area contributed by atoms with E-state index in [9.17, 15) is 8.42 Å². The molecule has 19 heavy (non-hydrogen) atoms. The van der Waals surface area contributed by atoms with Crippen LogP contribution in [0.5, 0.6) is 0 Å². The molecule has 2 heterocycles. The molecule has 1 unspecified atom stereocenters. The summed E-state index contributed by atoms with van der Waals surface area (Å²) >= 11 is 7.66. The van der Waals surface area contributed by atoms with Crippen LogP contribution in [0.15, 0.2) is 17.2 Å². The van der Waals surface area contributed by atoms with Gasteiger partial charge in [0.25, 0.3) is 0 Å². The van der Waals surface area contributed by atoms with E-state index >= 15 is 0 Å². The zero-order valence-corrected chi connectivity index (χ0v) is 12.7. The molecule has 3 N–H and O–H groups in total. The van der Waals surface area contributed by atoms with E-state index in [0.29, 0.717) is 0 Å². The number of aromatic nitrogens is 1. The highest BCUT2D eigenvalue weighted by molar-refractivity contribution is 7.99. The molecule has 0 aromatic carbocycles. The Hall–Kier alpha value is -0.540. The van der Waals surface area contributed by atoms with Crippen LogP contribution in [0.4, 0.5) is 5.82 Å². The summed E-state index contributed by atoms with van der Waals surface area (Å²) in [6, 6.07) is 1.39.